The number of hydrogen-bond acceptors (Lipinski definition) is 3. The van der Waals surface area contributed by atoms with Crippen molar-refractivity contribution in [2.24, 2.45) is 11.8 Å². The van der Waals surface area contributed by atoms with Gasteiger partial charge in [-0.25, -0.2) is 0 Å². The van der Waals surface area contributed by atoms with Gasteiger partial charge in [0.1, 0.15) is 0 Å². The number of rotatable bonds is 5. The van der Waals surface area contributed by atoms with Crippen LogP contribution in [0.25, 0.3) is 0 Å². The molecule has 0 N–H and O–H groups in total. The lowest BCUT2D eigenvalue weighted by Crippen LogP contribution is -2.29. The summed E-state index contributed by atoms with van der Waals surface area (Å²) in [6.07, 6.45) is 3.09. The number of esters is 1. The molecule has 0 unspecified atom stereocenters. The van der Waals surface area contributed by atoms with Gasteiger partial charge in [-0.15, -0.1) is 0 Å². The summed E-state index contributed by atoms with van der Waals surface area (Å²) >= 11 is 0. The molecule has 3 atom stereocenters. The van der Waals surface area contributed by atoms with Crippen LogP contribution in [0.4, 0.5) is 0 Å². The first-order valence-electron chi connectivity index (χ1n) is 6.95. The fraction of sp³-hybridized carbons (Fsp3) is 0.562. The Hall–Kier alpha value is -1.35. The van der Waals surface area contributed by atoms with Crippen molar-refractivity contribution in [2.75, 3.05) is 13.7 Å². The number of hydrogen-bond donors (Lipinski definition) is 0. The Labute approximate surface area is 114 Å². The van der Waals surface area contributed by atoms with Crippen LogP contribution in [0, 0.1) is 11.8 Å². The van der Waals surface area contributed by atoms with Crippen LogP contribution in [-0.4, -0.2) is 25.8 Å². The van der Waals surface area contributed by atoms with Gasteiger partial charge in [-0.3, -0.25) is 4.79 Å². The van der Waals surface area contributed by atoms with Gasteiger partial charge >= 0.3 is 5.97 Å². The highest BCUT2D eigenvalue weighted by molar-refractivity contribution is 5.72. The fourth-order valence-electron chi connectivity index (χ4n) is 2.85. The van der Waals surface area contributed by atoms with Gasteiger partial charge in [0, 0.05) is 12.5 Å². The second-order valence-corrected chi connectivity index (χ2v) is 5.20. The molecule has 0 saturated carbocycles. The first kappa shape index (κ1) is 14.1. The Kier molecular flexibility index (Phi) is 4.97. The van der Waals surface area contributed by atoms with Crippen molar-refractivity contribution in [2.45, 2.75) is 32.3 Å². The van der Waals surface area contributed by atoms with Gasteiger partial charge in [0.25, 0.3) is 0 Å². The zero-order valence-corrected chi connectivity index (χ0v) is 11.7. The molecule has 2 rings (SSSR count). The topological polar surface area (TPSA) is 35.5 Å². The average Bonchev–Trinajstić information content (AvgIpc) is 2.93. The number of benzene rings is 1. The summed E-state index contributed by atoms with van der Waals surface area (Å²) in [7, 11) is 1.45. The third-order valence-electron chi connectivity index (χ3n) is 4.04. The van der Waals surface area contributed by atoms with Crippen LogP contribution in [0.15, 0.2) is 30.3 Å². The molecule has 0 aromatic heterocycles. The summed E-state index contributed by atoms with van der Waals surface area (Å²) in [5.74, 6) is 0.0876. The summed E-state index contributed by atoms with van der Waals surface area (Å²) in [4.78, 5) is 11.6. The van der Waals surface area contributed by atoms with Crippen LogP contribution in [-0.2, 0) is 20.7 Å². The van der Waals surface area contributed by atoms with E-state index in [1.54, 1.807) is 0 Å². The number of methoxy groups -OCH3 is 1. The van der Waals surface area contributed by atoms with E-state index < -0.39 is 0 Å². The van der Waals surface area contributed by atoms with Crippen LogP contribution < -0.4 is 0 Å². The van der Waals surface area contributed by atoms with Crippen molar-refractivity contribution in [1.82, 2.24) is 0 Å². The fourth-order valence-corrected chi connectivity index (χ4v) is 2.85. The Morgan fingerprint density at radius 2 is 2.16 bits per heavy atom. The summed E-state index contributed by atoms with van der Waals surface area (Å²) in [6.45, 7) is 2.70. The number of ether oxygens (including phenoxy) is 2. The molecular formula is C16H22O3. The van der Waals surface area contributed by atoms with Crippen molar-refractivity contribution in [3.63, 3.8) is 0 Å². The molecule has 0 aliphatic carbocycles. The van der Waals surface area contributed by atoms with Crippen molar-refractivity contribution in [3.05, 3.63) is 35.9 Å². The van der Waals surface area contributed by atoms with Gasteiger partial charge < -0.3 is 9.47 Å². The van der Waals surface area contributed by atoms with Crippen molar-refractivity contribution in [1.29, 1.82) is 0 Å². The van der Waals surface area contributed by atoms with Crippen LogP contribution >= 0.6 is 0 Å². The molecule has 19 heavy (non-hydrogen) atoms. The molecule has 3 heteroatoms. The van der Waals surface area contributed by atoms with E-state index in [1.165, 1.54) is 12.7 Å². The molecule has 104 valence electrons. The van der Waals surface area contributed by atoms with Gasteiger partial charge in [0.05, 0.1) is 19.1 Å². The molecule has 1 saturated heterocycles. The highest BCUT2D eigenvalue weighted by Crippen LogP contribution is 2.31. The Balaban J connectivity index is 1.90. The molecular weight excluding hydrogens is 240 g/mol. The molecule has 3 nitrogen and oxygen atoms in total. The van der Waals surface area contributed by atoms with Gasteiger partial charge in [-0.05, 0) is 24.8 Å². The molecule has 1 heterocycles. The maximum absolute atomic E-state index is 11.6. The number of carbonyl (C=O) groups is 1. The van der Waals surface area contributed by atoms with E-state index in [-0.39, 0.29) is 23.9 Å². The smallest absolute Gasteiger partial charge is 0.308 e. The third kappa shape index (κ3) is 3.57. The molecule has 0 bridgehead atoms. The van der Waals surface area contributed by atoms with Crippen LogP contribution in [0.3, 0.4) is 0 Å². The van der Waals surface area contributed by atoms with E-state index in [0.717, 1.165) is 25.9 Å². The standard InChI is InChI=1S/C16H22O3/c1-12(16(17)18-2)14-10-11-19-15(14)9-8-13-6-4-3-5-7-13/h3-7,12,14-15H,8-11H2,1-2H3/t12-,14-,15+/m1/s1. The van der Waals surface area contributed by atoms with Gasteiger partial charge in [-0.1, -0.05) is 37.3 Å². The first-order chi connectivity index (χ1) is 9.22. The monoisotopic (exact) mass is 262 g/mol. The van der Waals surface area contributed by atoms with E-state index in [1.807, 2.05) is 13.0 Å². The molecule has 1 fully saturated rings. The van der Waals surface area contributed by atoms with E-state index in [4.69, 9.17) is 9.47 Å². The lowest BCUT2D eigenvalue weighted by molar-refractivity contribution is -0.147. The summed E-state index contributed by atoms with van der Waals surface area (Å²) < 4.78 is 10.6. The summed E-state index contributed by atoms with van der Waals surface area (Å²) in [5.41, 5.74) is 1.32. The predicted molar refractivity (Wildman–Crippen MR) is 73.8 cm³/mol. The minimum absolute atomic E-state index is 0.0757. The number of carbonyl (C=O) groups excluding carboxylic acids is 1. The largest absolute Gasteiger partial charge is 0.469 e. The molecule has 1 aromatic rings. The zero-order chi connectivity index (χ0) is 13.7. The highest BCUT2D eigenvalue weighted by atomic mass is 16.5. The summed E-state index contributed by atoms with van der Waals surface area (Å²) in [6, 6.07) is 10.4. The third-order valence-corrected chi connectivity index (χ3v) is 4.04. The maximum atomic E-state index is 11.6. The van der Waals surface area contributed by atoms with Crippen LogP contribution in [0.5, 0.6) is 0 Å². The van der Waals surface area contributed by atoms with Gasteiger partial charge in [0.2, 0.25) is 0 Å². The number of aryl methyl sites for hydroxylation is 1. The van der Waals surface area contributed by atoms with Gasteiger partial charge in [-0.2, -0.15) is 0 Å². The average molecular weight is 262 g/mol. The SMILES string of the molecule is COC(=O)[C@H](C)[C@H]1CCO[C@H]1CCc1ccccc1. The Morgan fingerprint density at radius 1 is 1.42 bits per heavy atom. The normalized spacial score (nSPS) is 24.1. The van der Waals surface area contributed by atoms with Gasteiger partial charge in [0.15, 0.2) is 0 Å². The maximum Gasteiger partial charge on any atom is 0.308 e. The lowest BCUT2D eigenvalue weighted by Gasteiger charge is -2.22. The lowest BCUT2D eigenvalue weighted by atomic mass is 9.85. The van der Waals surface area contributed by atoms with E-state index >= 15 is 0 Å². The van der Waals surface area contributed by atoms with Crippen molar-refractivity contribution >= 4 is 5.97 Å². The molecule has 0 radical (unpaired) electrons. The van der Waals surface area contributed by atoms with Crippen LogP contribution in [0.1, 0.15) is 25.3 Å². The second-order valence-electron chi connectivity index (χ2n) is 5.20. The molecule has 1 aromatic carbocycles. The van der Waals surface area contributed by atoms with Crippen LogP contribution in [0.2, 0.25) is 0 Å². The molecule has 0 amide bonds. The van der Waals surface area contributed by atoms with E-state index in [0.29, 0.717) is 0 Å². The summed E-state index contributed by atoms with van der Waals surface area (Å²) in [5, 5.41) is 0. The van der Waals surface area contributed by atoms with Crippen molar-refractivity contribution in [3.8, 4) is 0 Å². The Morgan fingerprint density at radius 3 is 2.84 bits per heavy atom. The molecule has 0 spiro atoms. The second kappa shape index (κ2) is 6.71. The molecule has 1 aliphatic rings. The van der Waals surface area contributed by atoms with Crippen molar-refractivity contribution < 1.29 is 14.3 Å². The zero-order valence-electron chi connectivity index (χ0n) is 11.7. The minimum atomic E-state index is -0.125. The quantitative estimate of drug-likeness (QED) is 0.765. The minimum Gasteiger partial charge on any atom is -0.469 e. The molecule has 1 aliphatic heterocycles. The Bertz CT molecular complexity index is 402. The first-order valence-corrected chi connectivity index (χ1v) is 6.95. The van der Waals surface area contributed by atoms with E-state index in [9.17, 15) is 4.79 Å². The van der Waals surface area contributed by atoms with E-state index in [2.05, 4.69) is 24.3 Å². The predicted octanol–water partition coefficient (Wildman–Crippen LogP) is 2.83. The highest BCUT2D eigenvalue weighted by Gasteiger charge is 2.35.